The lowest BCUT2D eigenvalue weighted by molar-refractivity contribution is 0.0147. The van der Waals surface area contributed by atoms with Crippen LogP contribution in [0.5, 0.6) is 5.88 Å². The number of alkyl halides is 1. The normalized spacial score (nSPS) is 14.9. The molecule has 0 fully saturated rings. The molecule has 84 valence electrons. The van der Waals surface area contributed by atoms with Gasteiger partial charge in [-0.1, -0.05) is 15.9 Å². The minimum Gasteiger partial charge on any atom is -0.493 e. The van der Waals surface area contributed by atoms with Crippen molar-refractivity contribution in [3.8, 4) is 5.88 Å². The molecular weight excluding hydrogens is 268 g/mol. The summed E-state index contributed by atoms with van der Waals surface area (Å²) in [5.41, 5.74) is -0.977. The summed E-state index contributed by atoms with van der Waals surface area (Å²) in [7, 11) is 0. The summed E-state index contributed by atoms with van der Waals surface area (Å²) in [6.45, 7) is 0. The van der Waals surface area contributed by atoms with Gasteiger partial charge in [-0.25, -0.2) is 4.98 Å². The third-order valence-electron chi connectivity index (χ3n) is 1.93. The van der Waals surface area contributed by atoms with Crippen LogP contribution in [-0.4, -0.2) is 36.7 Å². The van der Waals surface area contributed by atoms with Gasteiger partial charge in [-0.15, -0.1) is 0 Å². The number of aliphatic hydroxyl groups excluding tert-OH is 2. The molecule has 0 bridgehead atoms. The Balaban J connectivity index is 3.00. The number of nitrogens with zero attached hydrogens (tertiary/aromatic N) is 1. The molecular formula is C8H11BrN2O4. The summed E-state index contributed by atoms with van der Waals surface area (Å²) in [4.78, 5) is 16.9. The van der Waals surface area contributed by atoms with Crippen molar-refractivity contribution >= 4 is 15.9 Å². The van der Waals surface area contributed by atoms with Crippen molar-refractivity contribution in [2.45, 2.75) is 18.6 Å². The van der Waals surface area contributed by atoms with Gasteiger partial charge in [0.15, 0.2) is 0 Å². The van der Waals surface area contributed by atoms with E-state index in [1.165, 1.54) is 0 Å². The fraction of sp³-hybridized carbons (Fsp3) is 0.500. The Kier molecular flexibility index (Phi) is 4.25. The van der Waals surface area contributed by atoms with E-state index in [9.17, 15) is 20.1 Å². The SMILES string of the molecule is O=c1[nH]cnc(O)c1C(O)C(O)CCBr. The Labute approximate surface area is 93.7 Å². The van der Waals surface area contributed by atoms with Crippen LogP contribution in [0.25, 0.3) is 0 Å². The Morgan fingerprint density at radius 1 is 1.53 bits per heavy atom. The van der Waals surface area contributed by atoms with E-state index in [2.05, 4.69) is 25.9 Å². The van der Waals surface area contributed by atoms with Gasteiger partial charge in [0.1, 0.15) is 11.7 Å². The van der Waals surface area contributed by atoms with Crippen molar-refractivity contribution in [3.63, 3.8) is 0 Å². The summed E-state index contributed by atoms with van der Waals surface area (Å²) in [5, 5.41) is 28.8. The molecule has 0 radical (unpaired) electrons. The van der Waals surface area contributed by atoms with Crippen LogP contribution in [0.2, 0.25) is 0 Å². The zero-order chi connectivity index (χ0) is 11.4. The number of hydrogen-bond donors (Lipinski definition) is 4. The lowest BCUT2D eigenvalue weighted by Gasteiger charge is -2.16. The van der Waals surface area contributed by atoms with Crippen molar-refractivity contribution in [2.24, 2.45) is 0 Å². The van der Waals surface area contributed by atoms with E-state index in [1.54, 1.807) is 0 Å². The van der Waals surface area contributed by atoms with Crippen LogP contribution in [0, 0.1) is 0 Å². The molecule has 15 heavy (non-hydrogen) atoms. The van der Waals surface area contributed by atoms with Crippen molar-refractivity contribution < 1.29 is 15.3 Å². The summed E-state index contributed by atoms with van der Waals surface area (Å²) in [6.07, 6.45) is -1.29. The predicted molar refractivity (Wildman–Crippen MR) is 55.9 cm³/mol. The van der Waals surface area contributed by atoms with E-state index in [-0.39, 0.29) is 12.0 Å². The van der Waals surface area contributed by atoms with Gasteiger partial charge in [-0.2, -0.15) is 0 Å². The standard InChI is InChI=1S/C8H11BrN2O4/c9-2-1-4(12)6(13)5-7(14)10-3-11-8(5)15/h3-4,6,12-13H,1-2H2,(H2,10,11,14,15). The number of aromatic amines is 1. The molecule has 4 N–H and O–H groups in total. The first kappa shape index (κ1) is 12.2. The maximum absolute atomic E-state index is 11.3. The number of aliphatic hydroxyl groups is 2. The molecule has 1 aromatic rings. The highest BCUT2D eigenvalue weighted by molar-refractivity contribution is 9.09. The molecule has 0 saturated heterocycles. The zero-order valence-electron chi connectivity index (χ0n) is 7.72. The molecule has 2 atom stereocenters. The molecule has 1 aromatic heterocycles. The topological polar surface area (TPSA) is 106 Å². The number of aromatic hydroxyl groups is 1. The van der Waals surface area contributed by atoms with E-state index in [4.69, 9.17) is 0 Å². The van der Waals surface area contributed by atoms with E-state index in [0.29, 0.717) is 5.33 Å². The summed E-state index contributed by atoms with van der Waals surface area (Å²) >= 11 is 3.09. The summed E-state index contributed by atoms with van der Waals surface area (Å²) in [5.74, 6) is -0.570. The van der Waals surface area contributed by atoms with Gasteiger partial charge in [0.2, 0.25) is 5.88 Å². The lowest BCUT2D eigenvalue weighted by atomic mass is 10.1. The fourth-order valence-electron chi connectivity index (χ4n) is 1.13. The highest BCUT2D eigenvalue weighted by Crippen LogP contribution is 2.21. The summed E-state index contributed by atoms with van der Waals surface area (Å²) in [6, 6.07) is 0. The second-order valence-corrected chi connectivity index (χ2v) is 3.75. The van der Waals surface area contributed by atoms with Crippen LogP contribution >= 0.6 is 15.9 Å². The molecule has 1 rings (SSSR count). The van der Waals surface area contributed by atoms with Crippen molar-refractivity contribution in [1.29, 1.82) is 0 Å². The van der Waals surface area contributed by atoms with Crippen LogP contribution in [-0.2, 0) is 0 Å². The quantitative estimate of drug-likeness (QED) is 0.564. The monoisotopic (exact) mass is 278 g/mol. The second-order valence-electron chi connectivity index (χ2n) is 2.96. The minimum absolute atomic E-state index is 0.259. The number of hydrogen-bond acceptors (Lipinski definition) is 5. The van der Waals surface area contributed by atoms with Crippen LogP contribution < -0.4 is 5.56 Å². The largest absolute Gasteiger partial charge is 0.493 e. The second kappa shape index (κ2) is 5.24. The van der Waals surface area contributed by atoms with E-state index < -0.39 is 23.6 Å². The Morgan fingerprint density at radius 2 is 2.20 bits per heavy atom. The molecule has 0 aliphatic heterocycles. The van der Waals surface area contributed by atoms with Crippen molar-refractivity contribution in [3.05, 3.63) is 22.2 Å². The number of nitrogens with one attached hydrogen (secondary N) is 1. The molecule has 0 saturated carbocycles. The average Bonchev–Trinajstić information content (AvgIpc) is 2.17. The number of aromatic nitrogens is 2. The smallest absolute Gasteiger partial charge is 0.260 e. The third kappa shape index (κ3) is 2.77. The predicted octanol–water partition coefficient (Wildman–Crippen LogP) is -0.345. The van der Waals surface area contributed by atoms with Gasteiger partial charge in [0.05, 0.1) is 12.4 Å². The Bertz CT molecular complexity index is 381. The molecule has 0 aliphatic rings. The van der Waals surface area contributed by atoms with Gasteiger partial charge in [-0.3, -0.25) is 4.79 Å². The van der Waals surface area contributed by atoms with Crippen LogP contribution in [0.15, 0.2) is 11.1 Å². The summed E-state index contributed by atoms with van der Waals surface area (Å²) < 4.78 is 0. The third-order valence-corrected chi connectivity index (χ3v) is 2.39. The molecule has 0 aromatic carbocycles. The van der Waals surface area contributed by atoms with Gasteiger partial charge < -0.3 is 20.3 Å². The number of halogens is 1. The molecule has 6 nitrogen and oxygen atoms in total. The van der Waals surface area contributed by atoms with E-state index in [0.717, 1.165) is 6.33 Å². The Hall–Kier alpha value is -0.920. The van der Waals surface area contributed by atoms with Gasteiger partial charge in [0, 0.05) is 5.33 Å². The van der Waals surface area contributed by atoms with E-state index >= 15 is 0 Å². The van der Waals surface area contributed by atoms with Crippen molar-refractivity contribution in [2.75, 3.05) is 5.33 Å². The molecule has 2 unspecified atom stereocenters. The van der Waals surface area contributed by atoms with Gasteiger partial charge in [-0.05, 0) is 6.42 Å². The van der Waals surface area contributed by atoms with Crippen LogP contribution in [0.1, 0.15) is 18.1 Å². The molecule has 1 heterocycles. The van der Waals surface area contributed by atoms with Crippen LogP contribution in [0.3, 0.4) is 0 Å². The first-order chi connectivity index (χ1) is 7.07. The van der Waals surface area contributed by atoms with Gasteiger partial charge >= 0.3 is 0 Å². The first-order valence-electron chi connectivity index (χ1n) is 4.26. The number of H-pyrrole nitrogens is 1. The van der Waals surface area contributed by atoms with Crippen molar-refractivity contribution in [1.82, 2.24) is 9.97 Å². The number of rotatable bonds is 4. The van der Waals surface area contributed by atoms with E-state index in [1.807, 2.05) is 0 Å². The maximum Gasteiger partial charge on any atom is 0.260 e. The minimum atomic E-state index is -1.44. The fourth-order valence-corrected chi connectivity index (χ4v) is 1.60. The molecule has 7 heteroatoms. The van der Waals surface area contributed by atoms with Gasteiger partial charge in [0.25, 0.3) is 5.56 Å². The lowest BCUT2D eigenvalue weighted by Crippen LogP contribution is -2.26. The molecule has 0 spiro atoms. The molecule has 0 amide bonds. The first-order valence-corrected chi connectivity index (χ1v) is 5.38. The zero-order valence-corrected chi connectivity index (χ0v) is 9.31. The maximum atomic E-state index is 11.3. The Morgan fingerprint density at radius 3 is 2.73 bits per heavy atom. The average molecular weight is 279 g/mol. The van der Waals surface area contributed by atoms with Crippen LogP contribution in [0.4, 0.5) is 0 Å². The highest BCUT2D eigenvalue weighted by atomic mass is 79.9. The highest BCUT2D eigenvalue weighted by Gasteiger charge is 2.24. The molecule has 0 aliphatic carbocycles.